The summed E-state index contributed by atoms with van der Waals surface area (Å²) >= 11 is 5.91. The lowest BCUT2D eigenvalue weighted by Crippen LogP contribution is -2.57. The van der Waals surface area contributed by atoms with E-state index in [1.54, 1.807) is 0 Å². The molecule has 148 valence electrons. The van der Waals surface area contributed by atoms with Gasteiger partial charge >= 0.3 is 6.18 Å². The molecular weight excluding hydrogens is 385 g/mol. The van der Waals surface area contributed by atoms with Gasteiger partial charge in [-0.15, -0.1) is 0 Å². The first kappa shape index (κ1) is 21.0. The molecule has 1 saturated heterocycles. The van der Waals surface area contributed by atoms with Gasteiger partial charge in [0, 0.05) is 29.9 Å². The van der Waals surface area contributed by atoms with Crippen molar-refractivity contribution in [3.05, 3.63) is 34.6 Å². The van der Waals surface area contributed by atoms with Gasteiger partial charge in [0.1, 0.15) is 11.9 Å². The van der Waals surface area contributed by atoms with Gasteiger partial charge in [0.15, 0.2) is 0 Å². The van der Waals surface area contributed by atoms with Gasteiger partial charge in [-0.2, -0.15) is 13.2 Å². The van der Waals surface area contributed by atoms with E-state index in [2.05, 4.69) is 10.3 Å². The number of carbonyl (C=O) groups excluding carboxylic acids is 2. The minimum atomic E-state index is -4.56. The topological polar surface area (TPSA) is 88.3 Å². The number of rotatable bonds is 3. The Balaban J connectivity index is 2.09. The fourth-order valence-electron chi connectivity index (χ4n) is 2.31. The fraction of sp³-hybridized carbons (Fsp3) is 0.471. The van der Waals surface area contributed by atoms with E-state index < -0.39 is 35.0 Å². The van der Waals surface area contributed by atoms with Crippen LogP contribution in [0, 0.1) is 5.41 Å². The number of nitrogens with zero attached hydrogens (tertiary/aromatic N) is 2. The van der Waals surface area contributed by atoms with Crippen LogP contribution in [0.4, 0.5) is 19.0 Å². The lowest BCUT2D eigenvalue weighted by molar-refractivity contribution is -0.138. The van der Waals surface area contributed by atoms with Crippen molar-refractivity contribution in [2.75, 3.05) is 11.4 Å². The molecular formula is C17H20ClF3N4O2. The fourth-order valence-corrected chi connectivity index (χ4v) is 2.58. The molecule has 1 aliphatic heterocycles. The van der Waals surface area contributed by atoms with Gasteiger partial charge in [-0.25, -0.2) is 4.98 Å². The SMILES string of the molecule is CC(C)(C)C(N)=CC(=O)NC(=O)[C@@H]1CCN1c1ncc(C(F)(F)F)cc1Cl. The van der Waals surface area contributed by atoms with Gasteiger partial charge in [-0.05, 0) is 12.5 Å². The predicted octanol–water partition coefficient (Wildman–Crippen LogP) is 2.86. The van der Waals surface area contributed by atoms with Crippen LogP contribution in [-0.4, -0.2) is 29.4 Å². The van der Waals surface area contributed by atoms with Crippen molar-refractivity contribution in [2.45, 2.75) is 39.4 Å². The Bertz CT molecular complexity index is 787. The minimum absolute atomic E-state index is 0.0632. The van der Waals surface area contributed by atoms with Gasteiger partial charge in [-0.1, -0.05) is 32.4 Å². The highest BCUT2D eigenvalue weighted by molar-refractivity contribution is 6.33. The average Bonchev–Trinajstić information content (AvgIpc) is 2.45. The van der Waals surface area contributed by atoms with Crippen molar-refractivity contribution in [1.82, 2.24) is 10.3 Å². The Kier molecular flexibility index (Phi) is 5.74. The summed E-state index contributed by atoms with van der Waals surface area (Å²) in [6, 6.07) is 0.00897. The number of halogens is 4. The molecule has 6 nitrogen and oxygen atoms in total. The predicted molar refractivity (Wildman–Crippen MR) is 94.9 cm³/mol. The summed E-state index contributed by atoms with van der Waals surface area (Å²) in [7, 11) is 0. The van der Waals surface area contributed by atoms with Gasteiger partial charge in [-0.3, -0.25) is 14.9 Å². The zero-order valence-electron chi connectivity index (χ0n) is 15.0. The van der Waals surface area contributed by atoms with Crippen molar-refractivity contribution < 1.29 is 22.8 Å². The smallest absolute Gasteiger partial charge is 0.401 e. The number of nitrogens with one attached hydrogen (secondary N) is 1. The van der Waals surface area contributed by atoms with E-state index in [9.17, 15) is 22.8 Å². The summed E-state index contributed by atoms with van der Waals surface area (Å²) in [5.74, 6) is -1.19. The summed E-state index contributed by atoms with van der Waals surface area (Å²) in [6.07, 6.45) is -2.35. The Hall–Kier alpha value is -2.29. The van der Waals surface area contributed by atoms with Gasteiger partial charge in [0.2, 0.25) is 5.91 Å². The molecule has 27 heavy (non-hydrogen) atoms. The monoisotopic (exact) mass is 404 g/mol. The van der Waals surface area contributed by atoms with Crippen LogP contribution < -0.4 is 16.0 Å². The standard InChI is InChI=1S/C17H20ClF3N4O2/c1-16(2,3)12(22)7-13(26)24-15(27)11-4-5-25(11)14-10(18)6-9(8-23-14)17(19,20)21/h6-8,11H,4-5,22H2,1-3H3,(H,24,26,27)/t11-/m0/s1. The number of pyridine rings is 1. The molecule has 0 unspecified atom stereocenters. The molecule has 0 aliphatic carbocycles. The van der Waals surface area contributed by atoms with Crippen LogP contribution in [0.25, 0.3) is 0 Å². The number of aromatic nitrogens is 1. The molecule has 1 atom stereocenters. The van der Waals surface area contributed by atoms with E-state index in [1.165, 1.54) is 4.90 Å². The summed E-state index contributed by atoms with van der Waals surface area (Å²) in [4.78, 5) is 29.4. The van der Waals surface area contributed by atoms with Crippen LogP contribution in [0.15, 0.2) is 24.0 Å². The highest BCUT2D eigenvalue weighted by Crippen LogP contribution is 2.36. The maximum Gasteiger partial charge on any atom is 0.417 e. The second kappa shape index (κ2) is 7.38. The van der Waals surface area contributed by atoms with Crippen molar-refractivity contribution in [1.29, 1.82) is 0 Å². The second-order valence-corrected chi connectivity index (χ2v) is 7.64. The highest BCUT2D eigenvalue weighted by atomic mass is 35.5. The van der Waals surface area contributed by atoms with Crippen LogP contribution in [0.5, 0.6) is 0 Å². The number of amides is 2. The molecule has 0 radical (unpaired) electrons. The maximum absolute atomic E-state index is 12.7. The quantitative estimate of drug-likeness (QED) is 0.756. The molecule has 2 rings (SSSR count). The number of hydrogen-bond acceptors (Lipinski definition) is 5. The number of hydrogen-bond donors (Lipinski definition) is 2. The molecule has 1 fully saturated rings. The molecule has 0 saturated carbocycles. The van der Waals surface area contributed by atoms with E-state index in [-0.39, 0.29) is 10.8 Å². The number of allylic oxidation sites excluding steroid dienone is 1. The molecule has 1 aliphatic rings. The third-order valence-electron chi connectivity index (χ3n) is 4.14. The van der Waals surface area contributed by atoms with Crippen LogP contribution >= 0.6 is 11.6 Å². The highest BCUT2D eigenvalue weighted by Gasteiger charge is 2.38. The molecule has 10 heteroatoms. The van der Waals surface area contributed by atoms with Crippen LogP contribution in [-0.2, 0) is 15.8 Å². The van der Waals surface area contributed by atoms with E-state index in [1.807, 2.05) is 20.8 Å². The van der Waals surface area contributed by atoms with Crippen molar-refractivity contribution in [3.8, 4) is 0 Å². The van der Waals surface area contributed by atoms with Crippen molar-refractivity contribution in [2.24, 2.45) is 11.1 Å². The maximum atomic E-state index is 12.7. The Labute approximate surface area is 159 Å². The Morgan fingerprint density at radius 3 is 2.44 bits per heavy atom. The summed E-state index contributed by atoms with van der Waals surface area (Å²) in [6.45, 7) is 5.84. The third kappa shape index (κ3) is 4.91. The first-order valence-electron chi connectivity index (χ1n) is 8.12. The molecule has 1 aromatic heterocycles. The first-order valence-corrected chi connectivity index (χ1v) is 8.50. The normalized spacial score (nSPS) is 18.1. The lowest BCUT2D eigenvalue weighted by Gasteiger charge is -2.40. The number of alkyl halides is 3. The average molecular weight is 405 g/mol. The van der Waals surface area contributed by atoms with Crippen molar-refractivity contribution in [3.63, 3.8) is 0 Å². The Morgan fingerprint density at radius 2 is 2.00 bits per heavy atom. The van der Waals surface area contributed by atoms with Gasteiger partial charge < -0.3 is 10.6 Å². The number of carbonyl (C=O) groups is 2. The van der Waals surface area contributed by atoms with Crippen LogP contribution in [0.2, 0.25) is 5.02 Å². The van der Waals surface area contributed by atoms with E-state index in [0.29, 0.717) is 24.9 Å². The van der Waals surface area contributed by atoms with Crippen LogP contribution in [0.1, 0.15) is 32.8 Å². The summed E-state index contributed by atoms with van der Waals surface area (Å²) in [5.41, 5.74) is 4.70. The number of anilines is 1. The zero-order valence-corrected chi connectivity index (χ0v) is 15.8. The first-order chi connectivity index (χ1) is 12.3. The van der Waals surface area contributed by atoms with E-state index in [0.717, 1.165) is 12.1 Å². The van der Waals surface area contributed by atoms with Crippen molar-refractivity contribution >= 4 is 29.2 Å². The molecule has 3 N–H and O–H groups in total. The van der Waals surface area contributed by atoms with E-state index >= 15 is 0 Å². The summed E-state index contributed by atoms with van der Waals surface area (Å²) in [5, 5.41) is 2.00. The van der Waals surface area contributed by atoms with Gasteiger partial charge in [0.05, 0.1) is 10.6 Å². The van der Waals surface area contributed by atoms with Crippen LogP contribution in [0.3, 0.4) is 0 Å². The third-order valence-corrected chi connectivity index (χ3v) is 4.42. The zero-order chi connectivity index (χ0) is 20.6. The Morgan fingerprint density at radius 1 is 1.37 bits per heavy atom. The lowest BCUT2D eigenvalue weighted by atomic mass is 9.92. The minimum Gasteiger partial charge on any atom is -0.401 e. The number of nitrogens with two attached hydrogens (primary N) is 1. The second-order valence-electron chi connectivity index (χ2n) is 7.23. The molecule has 0 bridgehead atoms. The largest absolute Gasteiger partial charge is 0.417 e. The van der Waals surface area contributed by atoms with Gasteiger partial charge in [0.25, 0.3) is 5.91 Å². The molecule has 2 heterocycles. The summed E-state index contributed by atoms with van der Waals surface area (Å²) < 4.78 is 38.1. The number of imide groups is 1. The molecule has 0 aromatic carbocycles. The van der Waals surface area contributed by atoms with E-state index in [4.69, 9.17) is 17.3 Å². The molecule has 1 aromatic rings. The molecule has 2 amide bonds. The molecule has 0 spiro atoms.